The highest BCUT2D eigenvalue weighted by molar-refractivity contribution is 5.96. The van der Waals surface area contributed by atoms with Crippen molar-refractivity contribution in [2.75, 3.05) is 6.54 Å². The molecule has 0 atom stereocenters. The molecule has 0 aliphatic heterocycles. The smallest absolute Gasteiger partial charge is 0.227 e. The maximum Gasteiger partial charge on any atom is 0.227 e. The number of Topliss-reactive ketones (excluding diaryl/α,β-unsaturated/α-hetero) is 1. The van der Waals surface area contributed by atoms with Gasteiger partial charge >= 0.3 is 0 Å². The molecule has 0 unspecified atom stereocenters. The molecule has 0 saturated carbocycles. The van der Waals surface area contributed by atoms with E-state index >= 15 is 0 Å². The number of hydrogen-bond acceptors (Lipinski definition) is 2. The number of carbonyl (C=O) groups is 2. The van der Waals surface area contributed by atoms with Gasteiger partial charge in [0.1, 0.15) is 5.78 Å². The van der Waals surface area contributed by atoms with Crippen LogP contribution in [0.2, 0.25) is 0 Å². The molecule has 0 heterocycles. The highest BCUT2D eigenvalue weighted by atomic mass is 16.2. The van der Waals surface area contributed by atoms with Gasteiger partial charge in [0, 0.05) is 6.54 Å². The predicted molar refractivity (Wildman–Crippen MR) is 47.8 cm³/mol. The van der Waals surface area contributed by atoms with E-state index in [4.69, 9.17) is 0 Å². The quantitative estimate of drug-likeness (QED) is 0.630. The molecule has 0 radical (unpaired) electrons. The molecule has 0 aromatic heterocycles. The van der Waals surface area contributed by atoms with E-state index in [1.54, 1.807) is 0 Å². The minimum atomic E-state index is -0.164. The van der Waals surface area contributed by atoms with Crippen molar-refractivity contribution < 1.29 is 9.59 Å². The maximum absolute atomic E-state index is 10.9. The number of amides is 1. The van der Waals surface area contributed by atoms with Crippen LogP contribution >= 0.6 is 0 Å². The summed E-state index contributed by atoms with van der Waals surface area (Å²) >= 11 is 0. The molecule has 0 bridgehead atoms. The average molecular weight is 171 g/mol. The van der Waals surface area contributed by atoms with Gasteiger partial charge in [-0.2, -0.15) is 0 Å². The van der Waals surface area contributed by atoms with Gasteiger partial charge in [-0.15, -0.1) is 0 Å². The standard InChI is InChI=1S/C9H17NO2/c1-7(2)4-5-10-9(12)6-8(3)11/h7H,4-6H2,1-3H3,(H,10,12). The van der Waals surface area contributed by atoms with Gasteiger partial charge in [0.15, 0.2) is 0 Å². The Morgan fingerprint density at radius 3 is 2.33 bits per heavy atom. The molecule has 12 heavy (non-hydrogen) atoms. The summed E-state index contributed by atoms with van der Waals surface area (Å²) in [5.74, 6) is 0.336. The molecule has 0 fully saturated rings. The van der Waals surface area contributed by atoms with Gasteiger partial charge in [0.05, 0.1) is 6.42 Å². The summed E-state index contributed by atoms with van der Waals surface area (Å²) in [5.41, 5.74) is 0. The van der Waals surface area contributed by atoms with E-state index in [0.717, 1.165) is 6.42 Å². The minimum Gasteiger partial charge on any atom is -0.356 e. The van der Waals surface area contributed by atoms with E-state index in [1.807, 2.05) is 0 Å². The van der Waals surface area contributed by atoms with E-state index in [1.165, 1.54) is 6.92 Å². The highest BCUT2D eigenvalue weighted by Gasteiger charge is 2.03. The number of rotatable bonds is 5. The van der Waals surface area contributed by atoms with Crippen LogP contribution in [0.5, 0.6) is 0 Å². The Bertz CT molecular complexity index is 164. The molecule has 0 spiro atoms. The lowest BCUT2D eigenvalue weighted by atomic mass is 10.1. The lowest BCUT2D eigenvalue weighted by Crippen LogP contribution is -2.26. The first kappa shape index (κ1) is 11.1. The second kappa shape index (κ2) is 5.75. The van der Waals surface area contributed by atoms with Crippen molar-refractivity contribution in [1.82, 2.24) is 5.32 Å². The SMILES string of the molecule is CC(=O)CC(=O)NCCC(C)C. The average Bonchev–Trinajstić information content (AvgIpc) is 1.84. The molecule has 0 aromatic carbocycles. The Morgan fingerprint density at radius 1 is 1.33 bits per heavy atom. The number of nitrogens with one attached hydrogen (secondary N) is 1. The van der Waals surface area contributed by atoms with Gasteiger partial charge in [0.2, 0.25) is 5.91 Å². The molecule has 0 rings (SSSR count). The van der Waals surface area contributed by atoms with Gasteiger partial charge in [-0.25, -0.2) is 0 Å². The maximum atomic E-state index is 10.9. The van der Waals surface area contributed by atoms with Crippen molar-refractivity contribution in [2.45, 2.75) is 33.6 Å². The summed E-state index contributed by atoms with van der Waals surface area (Å²) in [5, 5.41) is 2.69. The summed E-state index contributed by atoms with van der Waals surface area (Å²) in [6, 6.07) is 0. The molecular weight excluding hydrogens is 154 g/mol. The van der Waals surface area contributed by atoms with Crippen LogP contribution in [0, 0.1) is 5.92 Å². The van der Waals surface area contributed by atoms with Gasteiger partial charge < -0.3 is 5.32 Å². The molecular formula is C9H17NO2. The zero-order valence-corrected chi connectivity index (χ0v) is 8.02. The summed E-state index contributed by atoms with van der Waals surface area (Å²) in [6.45, 7) is 6.28. The fourth-order valence-electron chi connectivity index (χ4n) is 0.789. The van der Waals surface area contributed by atoms with Crippen molar-refractivity contribution in [2.24, 2.45) is 5.92 Å². The molecule has 70 valence electrons. The fourth-order valence-corrected chi connectivity index (χ4v) is 0.789. The Kier molecular flexibility index (Phi) is 5.34. The first-order valence-electron chi connectivity index (χ1n) is 4.28. The summed E-state index contributed by atoms with van der Waals surface area (Å²) in [7, 11) is 0. The Balaban J connectivity index is 3.38. The molecule has 1 N–H and O–H groups in total. The van der Waals surface area contributed by atoms with Crippen molar-refractivity contribution in [3.8, 4) is 0 Å². The first-order chi connectivity index (χ1) is 5.52. The molecule has 3 nitrogen and oxygen atoms in total. The Labute approximate surface area is 73.5 Å². The van der Waals surface area contributed by atoms with Gasteiger partial charge in [-0.05, 0) is 19.3 Å². The summed E-state index contributed by atoms with van der Waals surface area (Å²) in [4.78, 5) is 21.4. The van der Waals surface area contributed by atoms with Crippen LogP contribution in [0.15, 0.2) is 0 Å². The third-order valence-corrected chi connectivity index (χ3v) is 1.45. The van der Waals surface area contributed by atoms with Gasteiger partial charge in [-0.3, -0.25) is 9.59 Å². The van der Waals surface area contributed by atoms with Crippen molar-refractivity contribution in [1.29, 1.82) is 0 Å². The first-order valence-corrected chi connectivity index (χ1v) is 4.28. The number of carbonyl (C=O) groups excluding carboxylic acids is 2. The molecule has 0 saturated heterocycles. The van der Waals surface area contributed by atoms with Gasteiger partial charge in [-0.1, -0.05) is 13.8 Å². The van der Waals surface area contributed by atoms with Crippen molar-refractivity contribution in [3.63, 3.8) is 0 Å². The van der Waals surface area contributed by atoms with Crippen LogP contribution in [-0.4, -0.2) is 18.2 Å². The van der Waals surface area contributed by atoms with Crippen LogP contribution < -0.4 is 5.32 Å². The second-order valence-corrected chi connectivity index (χ2v) is 3.41. The van der Waals surface area contributed by atoms with Crippen LogP contribution in [0.4, 0.5) is 0 Å². The number of hydrogen-bond donors (Lipinski definition) is 1. The molecule has 0 aromatic rings. The minimum absolute atomic E-state index is 0.0120. The molecule has 3 heteroatoms. The number of ketones is 1. The van der Waals surface area contributed by atoms with E-state index in [-0.39, 0.29) is 18.1 Å². The van der Waals surface area contributed by atoms with E-state index in [2.05, 4.69) is 19.2 Å². The largest absolute Gasteiger partial charge is 0.356 e. The zero-order valence-electron chi connectivity index (χ0n) is 8.02. The summed E-state index contributed by atoms with van der Waals surface area (Å²) in [6.07, 6.45) is 0.974. The normalized spacial score (nSPS) is 10.0. The van der Waals surface area contributed by atoms with E-state index < -0.39 is 0 Å². The molecule has 1 amide bonds. The lowest BCUT2D eigenvalue weighted by molar-refractivity contribution is -0.127. The Morgan fingerprint density at radius 2 is 1.92 bits per heavy atom. The second-order valence-electron chi connectivity index (χ2n) is 3.41. The molecule has 0 aliphatic carbocycles. The van der Waals surface area contributed by atoms with Crippen molar-refractivity contribution in [3.05, 3.63) is 0 Å². The Hall–Kier alpha value is -0.860. The monoisotopic (exact) mass is 171 g/mol. The topological polar surface area (TPSA) is 46.2 Å². The van der Waals surface area contributed by atoms with Crippen LogP contribution in [0.25, 0.3) is 0 Å². The van der Waals surface area contributed by atoms with Crippen LogP contribution in [0.1, 0.15) is 33.6 Å². The van der Waals surface area contributed by atoms with Crippen LogP contribution in [-0.2, 0) is 9.59 Å². The zero-order chi connectivity index (χ0) is 9.56. The lowest BCUT2D eigenvalue weighted by Gasteiger charge is -2.05. The van der Waals surface area contributed by atoms with E-state index in [0.29, 0.717) is 12.5 Å². The third-order valence-electron chi connectivity index (χ3n) is 1.45. The fraction of sp³-hybridized carbons (Fsp3) is 0.778. The predicted octanol–water partition coefficient (Wildman–Crippen LogP) is 1.13. The highest BCUT2D eigenvalue weighted by Crippen LogP contribution is 1.96. The van der Waals surface area contributed by atoms with Crippen molar-refractivity contribution >= 4 is 11.7 Å². The summed E-state index contributed by atoms with van der Waals surface area (Å²) < 4.78 is 0. The van der Waals surface area contributed by atoms with Crippen LogP contribution in [0.3, 0.4) is 0 Å². The molecule has 0 aliphatic rings. The van der Waals surface area contributed by atoms with Gasteiger partial charge in [0.25, 0.3) is 0 Å². The van der Waals surface area contributed by atoms with E-state index in [9.17, 15) is 9.59 Å². The third kappa shape index (κ3) is 7.25.